The number of fused-ring (bicyclic) bond motifs is 2. The SMILES string of the molecule is CCCC(C)(CNC(C)C)CN1CC2CCC(C1)O2. The molecule has 2 bridgehead atoms. The Labute approximate surface area is 119 Å². The van der Waals surface area contributed by atoms with Crippen molar-refractivity contribution < 1.29 is 4.74 Å². The Hall–Kier alpha value is -0.120. The van der Waals surface area contributed by atoms with Crippen LogP contribution in [0, 0.1) is 5.41 Å². The molecule has 0 radical (unpaired) electrons. The molecule has 0 saturated carbocycles. The van der Waals surface area contributed by atoms with Crippen LogP contribution < -0.4 is 5.32 Å². The highest BCUT2D eigenvalue weighted by molar-refractivity contribution is 4.89. The lowest BCUT2D eigenvalue weighted by Crippen LogP contribution is -2.50. The number of ether oxygens (including phenoxy) is 1. The minimum absolute atomic E-state index is 0.399. The number of hydrogen-bond donors (Lipinski definition) is 1. The molecule has 3 heteroatoms. The molecule has 0 aromatic carbocycles. The molecule has 3 nitrogen and oxygen atoms in total. The highest BCUT2D eigenvalue weighted by Gasteiger charge is 2.36. The van der Waals surface area contributed by atoms with E-state index in [1.807, 2.05) is 0 Å². The zero-order valence-electron chi connectivity index (χ0n) is 13.2. The third-order valence-corrected chi connectivity index (χ3v) is 4.52. The fourth-order valence-electron chi connectivity index (χ4n) is 3.65. The second kappa shape index (κ2) is 6.55. The minimum atomic E-state index is 0.399. The van der Waals surface area contributed by atoms with Gasteiger partial charge in [-0.25, -0.2) is 0 Å². The second-order valence-corrected chi connectivity index (χ2v) is 7.25. The van der Waals surface area contributed by atoms with Gasteiger partial charge in [-0.3, -0.25) is 4.90 Å². The molecule has 19 heavy (non-hydrogen) atoms. The lowest BCUT2D eigenvalue weighted by Gasteiger charge is -2.40. The fraction of sp³-hybridized carbons (Fsp3) is 1.00. The predicted octanol–water partition coefficient (Wildman–Crippen LogP) is 2.65. The summed E-state index contributed by atoms with van der Waals surface area (Å²) in [7, 11) is 0. The molecule has 2 aliphatic heterocycles. The van der Waals surface area contributed by atoms with E-state index in [1.165, 1.54) is 32.2 Å². The largest absolute Gasteiger partial charge is 0.372 e. The molecule has 1 N–H and O–H groups in total. The van der Waals surface area contributed by atoms with Crippen molar-refractivity contribution in [2.45, 2.75) is 71.6 Å². The van der Waals surface area contributed by atoms with E-state index >= 15 is 0 Å². The van der Waals surface area contributed by atoms with Crippen LogP contribution in [0.15, 0.2) is 0 Å². The van der Waals surface area contributed by atoms with Crippen LogP contribution in [0.1, 0.15) is 53.4 Å². The third kappa shape index (κ3) is 4.44. The molecule has 0 spiro atoms. The molecule has 0 amide bonds. The number of likely N-dealkylation sites (tertiary alicyclic amines) is 1. The van der Waals surface area contributed by atoms with E-state index in [4.69, 9.17) is 4.74 Å². The summed E-state index contributed by atoms with van der Waals surface area (Å²) in [6, 6.07) is 0.581. The van der Waals surface area contributed by atoms with E-state index in [0.717, 1.165) is 19.6 Å². The third-order valence-electron chi connectivity index (χ3n) is 4.52. The Bertz CT molecular complexity index is 270. The van der Waals surface area contributed by atoms with Gasteiger partial charge < -0.3 is 10.1 Å². The molecule has 3 unspecified atom stereocenters. The molecule has 3 atom stereocenters. The second-order valence-electron chi connectivity index (χ2n) is 7.25. The molecule has 2 heterocycles. The zero-order valence-corrected chi connectivity index (χ0v) is 13.2. The summed E-state index contributed by atoms with van der Waals surface area (Å²) < 4.78 is 5.94. The van der Waals surface area contributed by atoms with Gasteiger partial charge in [0.2, 0.25) is 0 Å². The Morgan fingerprint density at radius 3 is 2.42 bits per heavy atom. The summed E-state index contributed by atoms with van der Waals surface area (Å²) in [5.41, 5.74) is 0.399. The molecule has 2 rings (SSSR count). The van der Waals surface area contributed by atoms with Gasteiger partial charge in [0.1, 0.15) is 0 Å². The molecular weight excluding hydrogens is 236 g/mol. The summed E-state index contributed by atoms with van der Waals surface area (Å²) in [6.07, 6.45) is 6.16. The summed E-state index contributed by atoms with van der Waals surface area (Å²) in [6.45, 7) is 13.9. The van der Waals surface area contributed by atoms with E-state index in [2.05, 4.69) is 37.9 Å². The predicted molar refractivity (Wildman–Crippen MR) is 80.5 cm³/mol. The van der Waals surface area contributed by atoms with Crippen molar-refractivity contribution >= 4 is 0 Å². The van der Waals surface area contributed by atoms with Gasteiger partial charge >= 0.3 is 0 Å². The van der Waals surface area contributed by atoms with Crippen molar-refractivity contribution in [2.24, 2.45) is 5.41 Å². The molecule has 2 fully saturated rings. The number of morpholine rings is 1. The van der Waals surface area contributed by atoms with Crippen LogP contribution >= 0.6 is 0 Å². The average Bonchev–Trinajstić information content (AvgIpc) is 2.67. The molecule has 112 valence electrons. The first-order valence-corrected chi connectivity index (χ1v) is 8.12. The monoisotopic (exact) mass is 268 g/mol. The molecular formula is C16H32N2O. The van der Waals surface area contributed by atoms with Gasteiger partial charge in [-0.05, 0) is 24.7 Å². The first-order chi connectivity index (χ1) is 9.00. The van der Waals surface area contributed by atoms with Crippen LogP contribution in [0.3, 0.4) is 0 Å². The maximum absolute atomic E-state index is 5.94. The van der Waals surface area contributed by atoms with Crippen molar-refractivity contribution in [3.8, 4) is 0 Å². The van der Waals surface area contributed by atoms with Gasteiger partial charge in [0.05, 0.1) is 12.2 Å². The Kier molecular flexibility index (Phi) is 5.27. The first kappa shape index (κ1) is 15.3. The van der Waals surface area contributed by atoms with Crippen molar-refractivity contribution in [3.05, 3.63) is 0 Å². The van der Waals surface area contributed by atoms with Gasteiger partial charge in [0.25, 0.3) is 0 Å². The minimum Gasteiger partial charge on any atom is -0.372 e. The zero-order chi connectivity index (χ0) is 13.9. The highest BCUT2D eigenvalue weighted by atomic mass is 16.5. The van der Waals surface area contributed by atoms with E-state index in [9.17, 15) is 0 Å². The van der Waals surface area contributed by atoms with E-state index in [1.54, 1.807) is 0 Å². The number of nitrogens with zero attached hydrogens (tertiary/aromatic N) is 1. The van der Waals surface area contributed by atoms with Gasteiger partial charge in [0, 0.05) is 32.2 Å². The van der Waals surface area contributed by atoms with Crippen molar-refractivity contribution in [1.82, 2.24) is 10.2 Å². The number of nitrogens with one attached hydrogen (secondary N) is 1. The Morgan fingerprint density at radius 1 is 1.26 bits per heavy atom. The summed E-state index contributed by atoms with van der Waals surface area (Å²) in [5.74, 6) is 0. The normalized spacial score (nSPS) is 30.8. The van der Waals surface area contributed by atoms with Gasteiger partial charge in [-0.2, -0.15) is 0 Å². The molecule has 2 saturated heterocycles. The average molecular weight is 268 g/mol. The van der Waals surface area contributed by atoms with Crippen LogP contribution in [-0.2, 0) is 4.74 Å². The Balaban J connectivity index is 1.88. The summed E-state index contributed by atoms with van der Waals surface area (Å²) in [5, 5.41) is 3.64. The van der Waals surface area contributed by atoms with E-state index < -0.39 is 0 Å². The van der Waals surface area contributed by atoms with Crippen LogP contribution in [-0.4, -0.2) is 49.3 Å². The maximum Gasteiger partial charge on any atom is 0.0707 e. The van der Waals surface area contributed by atoms with E-state index in [-0.39, 0.29) is 0 Å². The fourth-order valence-corrected chi connectivity index (χ4v) is 3.65. The Morgan fingerprint density at radius 2 is 1.89 bits per heavy atom. The van der Waals surface area contributed by atoms with Crippen molar-refractivity contribution in [1.29, 1.82) is 0 Å². The highest BCUT2D eigenvalue weighted by Crippen LogP contribution is 2.30. The quantitative estimate of drug-likeness (QED) is 0.768. The lowest BCUT2D eigenvalue weighted by atomic mass is 9.84. The van der Waals surface area contributed by atoms with Gasteiger partial charge in [-0.15, -0.1) is 0 Å². The summed E-state index contributed by atoms with van der Waals surface area (Å²) in [4.78, 5) is 2.66. The van der Waals surface area contributed by atoms with Gasteiger partial charge in [-0.1, -0.05) is 34.1 Å². The number of rotatable bonds is 7. The number of hydrogen-bond acceptors (Lipinski definition) is 3. The van der Waals surface area contributed by atoms with E-state index in [0.29, 0.717) is 23.7 Å². The van der Waals surface area contributed by atoms with Crippen LogP contribution in [0.25, 0.3) is 0 Å². The summed E-state index contributed by atoms with van der Waals surface area (Å²) >= 11 is 0. The maximum atomic E-state index is 5.94. The van der Waals surface area contributed by atoms with Crippen LogP contribution in [0.4, 0.5) is 0 Å². The van der Waals surface area contributed by atoms with Gasteiger partial charge in [0.15, 0.2) is 0 Å². The smallest absolute Gasteiger partial charge is 0.0707 e. The van der Waals surface area contributed by atoms with Crippen molar-refractivity contribution in [2.75, 3.05) is 26.2 Å². The lowest BCUT2D eigenvalue weighted by molar-refractivity contribution is -0.0499. The first-order valence-electron chi connectivity index (χ1n) is 8.12. The molecule has 0 aromatic rings. The molecule has 0 aromatic heterocycles. The standard InChI is InChI=1S/C16H32N2O/c1-5-8-16(4,11-17-13(2)3)12-18-9-14-6-7-15(10-18)19-14/h13-15,17H,5-12H2,1-4H3. The molecule has 2 aliphatic rings. The van der Waals surface area contributed by atoms with Crippen molar-refractivity contribution in [3.63, 3.8) is 0 Å². The topological polar surface area (TPSA) is 24.5 Å². The molecule has 0 aliphatic carbocycles. The van der Waals surface area contributed by atoms with Crippen LogP contribution in [0.2, 0.25) is 0 Å². The van der Waals surface area contributed by atoms with Crippen LogP contribution in [0.5, 0.6) is 0 Å².